The molecule has 1 saturated carbocycles. The standard InChI is InChI=1S/C20H21F3NO/c21-20(22,23)17-8-4-7-16(13-17)19(11-12-19)24-14-18(25)10-9-15-5-2-1-3-6-15/h1-8,10,13,18,24-25H,9,11-12,14H2. The molecule has 1 atom stereocenters. The molecule has 0 amide bonds. The predicted molar refractivity (Wildman–Crippen MR) is 90.8 cm³/mol. The Hall–Kier alpha value is -1.85. The van der Waals surface area contributed by atoms with E-state index in [4.69, 9.17) is 0 Å². The summed E-state index contributed by atoms with van der Waals surface area (Å²) in [7, 11) is 0. The smallest absolute Gasteiger partial charge is 0.391 e. The number of aliphatic hydroxyl groups excluding tert-OH is 1. The van der Waals surface area contributed by atoms with Gasteiger partial charge in [0.15, 0.2) is 0 Å². The number of hydrogen-bond acceptors (Lipinski definition) is 2. The van der Waals surface area contributed by atoms with E-state index in [-0.39, 0.29) is 0 Å². The van der Waals surface area contributed by atoms with Gasteiger partial charge in [-0.25, -0.2) is 0 Å². The molecule has 0 saturated heterocycles. The van der Waals surface area contributed by atoms with E-state index in [1.54, 1.807) is 6.07 Å². The van der Waals surface area contributed by atoms with Gasteiger partial charge in [0.25, 0.3) is 0 Å². The average molecular weight is 348 g/mol. The van der Waals surface area contributed by atoms with E-state index < -0.39 is 23.4 Å². The first kappa shape index (κ1) is 18.0. The van der Waals surface area contributed by atoms with Crippen LogP contribution in [0.2, 0.25) is 0 Å². The highest BCUT2D eigenvalue weighted by molar-refractivity contribution is 5.35. The Balaban J connectivity index is 1.56. The molecule has 0 spiro atoms. The minimum atomic E-state index is -4.34. The van der Waals surface area contributed by atoms with Crippen molar-refractivity contribution in [3.05, 3.63) is 77.7 Å². The molecule has 2 aromatic carbocycles. The Morgan fingerprint density at radius 3 is 2.44 bits per heavy atom. The van der Waals surface area contributed by atoms with Crippen LogP contribution in [0.3, 0.4) is 0 Å². The van der Waals surface area contributed by atoms with Gasteiger partial charge in [-0.15, -0.1) is 0 Å². The number of nitrogens with one attached hydrogen (secondary N) is 1. The normalized spacial score (nSPS) is 17.3. The zero-order chi connectivity index (χ0) is 17.9. The van der Waals surface area contributed by atoms with Crippen molar-refractivity contribution in [2.24, 2.45) is 0 Å². The van der Waals surface area contributed by atoms with E-state index >= 15 is 0 Å². The van der Waals surface area contributed by atoms with Crippen molar-refractivity contribution in [1.29, 1.82) is 0 Å². The predicted octanol–water partition coefficient (Wildman–Crippen LogP) is 4.09. The lowest BCUT2D eigenvalue weighted by atomic mass is 10.0. The topological polar surface area (TPSA) is 32.3 Å². The van der Waals surface area contributed by atoms with Crippen LogP contribution in [0.1, 0.15) is 29.5 Å². The first-order valence-electron chi connectivity index (χ1n) is 8.37. The second-order valence-electron chi connectivity index (χ2n) is 6.53. The lowest BCUT2D eigenvalue weighted by Gasteiger charge is -2.21. The van der Waals surface area contributed by atoms with Gasteiger partial charge < -0.3 is 10.4 Å². The van der Waals surface area contributed by atoms with Gasteiger partial charge >= 0.3 is 6.18 Å². The summed E-state index contributed by atoms with van der Waals surface area (Å²) >= 11 is 0. The maximum absolute atomic E-state index is 12.9. The fourth-order valence-corrected chi connectivity index (χ4v) is 2.96. The number of benzene rings is 2. The maximum atomic E-state index is 12.9. The van der Waals surface area contributed by atoms with Gasteiger partial charge in [0.1, 0.15) is 0 Å². The third-order valence-electron chi connectivity index (χ3n) is 4.61. The zero-order valence-electron chi connectivity index (χ0n) is 13.8. The van der Waals surface area contributed by atoms with Crippen molar-refractivity contribution in [2.45, 2.75) is 37.1 Å². The van der Waals surface area contributed by atoms with Gasteiger partial charge in [0, 0.05) is 12.1 Å². The first-order valence-corrected chi connectivity index (χ1v) is 8.37. The summed E-state index contributed by atoms with van der Waals surface area (Å²) in [5.41, 5.74) is 0.676. The van der Waals surface area contributed by atoms with E-state index in [1.807, 2.05) is 36.8 Å². The number of aliphatic hydroxyl groups is 1. The van der Waals surface area contributed by atoms with Crippen molar-refractivity contribution >= 4 is 0 Å². The van der Waals surface area contributed by atoms with Crippen molar-refractivity contribution < 1.29 is 18.3 Å². The second kappa shape index (κ2) is 7.18. The molecular formula is C20H21F3NO. The van der Waals surface area contributed by atoms with Crippen LogP contribution in [0, 0.1) is 6.42 Å². The molecule has 3 rings (SSSR count). The third kappa shape index (κ3) is 4.61. The van der Waals surface area contributed by atoms with Crippen LogP contribution in [-0.4, -0.2) is 17.8 Å². The largest absolute Gasteiger partial charge is 0.416 e. The second-order valence-corrected chi connectivity index (χ2v) is 6.53. The molecule has 2 aromatic rings. The number of halogens is 3. The molecule has 1 aliphatic rings. The molecule has 1 fully saturated rings. The average Bonchev–Trinajstić information content (AvgIpc) is 3.40. The molecule has 2 nitrogen and oxygen atoms in total. The number of rotatable bonds is 7. The summed E-state index contributed by atoms with van der Waals surface area (Å²) in [5, 5.41) is 13.4. The minimum Gasteiger partial charge on any atom is -0.391 e. The fraction of sp³-hybridized carbons (Fsp3) is 0.350. The molecule has 0 heterocycles. The van der Waals surface area contributed by atoms with Crippen LogP contribution in [0.15, 0.2) is 54.6 Å². The molecule has 133 valence electrons. The molecule has 0 aliphatic heterocycles. The Morgan fingerprint density at radius 1 is 1.08 bits per heavy atom. The first-order chi connectivity index (χ1) is 11.9. The van der Waals surface area contributed by atoms with Crippen LogP contribution < -0.4 is 5.32 Å². The summed E-state index contributed by atoms with van der Waals surface area (Å²) in [5.74, 6) is 0. The van der Waals surface area contributed by atoms with Gasteiger partial charge in [-0.05, 0) is 48.9 Å². The summed E-state index contributed by atoms with van der Waals surface area (Å²) in [6.45, 7) is 0.322. The van der Waals surface area contributed by atoms with Crippen molar-refractivity contribution in [3.8, 4) is 0 Å². The minimum absolute atomic E-state index is 0.322. The highest BCUT2D eigenvalue weighted by atomic mass is 19.4. The molecule has 1 aliphatic carbocycles. The van der Waals surface area contributed by atoms with Crippen molar-refractivity contribution in [2.75, 3.05) is 6.54 Å². The SMILES string of the molecule is OC([CH]Cc1ccccc1)CNC1(c2cccc(C(F)(F)F)c2)CC1. The molecule has 1 radical (unpaired) electrons. The van der Waals surface area contributed by atoms with Crippen LogP contribution in [0.5, 0.6) is 0 Å². The quantitative estimate of drug-likeness (QED) is 0.790. The summed E-state index contributed by atoms with van der Waals surface area (Å²) in [6.07, 6.45) is -0.970. The molecule has 5 heteroatoms. The molecule has 0 bridgehead atoms. The van der Waals surface area contributed by atoms with Crippen LogP contribution in [-0.2, 0) is 18.1 Å². The lowest BCUT2D eigenvalue weighted by molar-refractivity contribution is -0.137. The zero-order valence-corrected chi connectivity index (χ0v) is 13.8. The van der Waals surface area contributed by atoms with Crippen LogP contribution in [0.25, 0.3) is 0 Å². The third-order valence-corrected chi connectivity index (χ3v) is 4.61. The summed E-state index contributed by atoms with van der Waals surface area (Å²) in [6, 6.07) is 15.3. The molecule has 2 N–H and O–H groups in total. The highest BCUT2D eigenvalue weighted by Gasteiger charge is 2.45. The number of alkyl halides is 3. The Morgan fingerprint density at radius 2 is 1.80 bits per heavy atom. The number of hydrogen-bond donors (Lipinski definition) is 2. The van der Waals surface area contributed by atoms with Gasteiger partial charge in [-0.2, -0.15) is 13.2 Å². The molecular weight excluding hydrogens is 327 g/mol. The summed E-state index contributed by atoms with van der Waals surface area (Å²) < 4.78 is 38.7. The Bertz CT molecular complexity index is 696. The maximum Gasteiger partial charge on any atom is 0.416 e. The van der Waals surface area contributed by atoms with Gasteiger partial charge in [-0.1, -0.05) is 42.5 Å². The van der Waals surface area contributed by atoms with E-state index in [9.17, 15) is 18.3 Å². The summed E-state index contributed by atoms with van der Waals surface area (Å²) in [4.78, 5) is 0. The molecule has 0 aromatic heterocycles. The molecule has 25 heavy (non-hydrogen) atoms. The monoisotopic (exact) mass is 348 g/mol. The van der Waals surface area contributed by atoms with E-state index in [0.717, 1.165) is 24.5 Å². The van der Waals surface area contributed by atoms with Crippen LogP contribution in [0.4, 0.5) is 13.2 Å². The van der Waals surface area contributed by atoms with Gasteiger partial charge in [-0.3, -0.25) is 0 Å². The Labute approximate surface area is 145 Å². The molecule has 1 unspecified atom stereocenters. The van der Waals surface area contributed by atoms with Crippen LogP contribution >= 0.6 is 0 Å². The van der Waals surface area contributed by atoms with E-state index in [1.165, 1.54) is 12.1 Å². The fourth-order valence-electron chi connectivity index (χ4n) is 2.96. The van der Waals surface area contributed by atoms with Crippen molar-refractivity contribution in [1.82, 2.24) is 5.32 Å². The van der Waals surface area contributed by atoms with E-state index in [2.05, 4.69) is 5.32 Å². The van der Waals surface area contributed by atoms with Crippen molar-refractivity contribution in [3.63, 3.8) is 0 Å². The Kier molecular flexibility index (Phi) is 5.16. The van der Waals surface area contributed by atoms with E-state index in [0.29, 0.717) is 18.5 Å². The highest BCUT2D eigenvalue weighted by Crippen LogP contribution is 2.46. The van der Waals surface area contributed by atoms with Gasteiger partial charge in [0.05, 0.1) is 11.7 Å². The van der Waals surface area contributed by atoms with Gasteiger partial charge in [0.2, 0.25) is 0 Å². The lowest BCUT2D eigenvalue weighted by Crippen LogP contribution is -2.36.